The largest absolute Gasteiger partial charge is 0.206 e. The van der Waals surface area contributed by atoms with E-state index in [-0.39, 0.29) is 0 Å². The van der Waals surface area contributed by atoms with Crippen LogP contribution in [0.25, 0.3) is 11.3 Å². The lowest BCUT2D eigenvalue weighted by Gasteiger charge is -1.97. The summed E-state index contributed by atoms with van der Waals surface area (Å²) in [5.41, 5.74) is 0.854. The van der Waals surface area contributed by atoms with E-state index in [0.29, 0.717) is 16.3 Å². The third kappa shape index (κ3) is 1.53. The Morgan fingerprint density at radius 2 is 2.23 bits per heavy atom. The SMILES string of the molecule is Fc1cc(Cl)ccc1-c1cn[nH]n1. The molecule has 0 fully saturated rings. The molecule has 0 radical (unpaired) electrons. The summed E-state index contributed by atoms with van der Waals surface area (Å²) >= 11 is 5.59. The molecule has 66 valence electrons. The molecule has 0 saturated carbocycles. The highest BCUT2D eigenvalue weighted by atomic mass is 35.5. The van der Waals surface area contributed by atoms with Crippen molar-refractivity contribution >= 4 is 11.6 Å². The number of aromatic amines is 1. The van der Waals surface area contributed by atoms with Crippen LogP contribution in [0.2, 0.25) is 5.02 Å². The summed E-state index contributed by atoms with van der Waals surface area (Å²) in [5.74, 6) is -0.401. The third-order valence-corrected chi connectivity index (χ3v) is 1.86. The van der Waals surface area contributed by atoms with Gasteiger partial charge in [-0.1, -0.05) is 11.6 Å². The first-order chi connectivity index (χ1) is 6.27. The van der Waals surface area contributed by atoms with Crippen molar-refractivity contribution in [3.63, 3.8) is 0 Å². The highest BCUT2D eigenvalue weighted by Gasteiger charge is 2.07. The molecule has 5 heteroatoms. The number of rotatable bonds is 1. The molecule has 0 unspecified atom stereocenters. The van der Waals surface area contributed by atoms with Crippen molar-refractivity contribution in [1.82, 2.24) is 15.4 Å². The number of nitrogens with zero attached hydrogens (tertiary/aromatic N) is 2. The maximum Gasteiger partial charge on any atom is 0.134 e. The Morgan fingerprint density at radius 3 is 2.85 bits per heavy atom. The van der Waals surface area contributed by atoms with Gasteiger partial charge in [-0.3, -0.25) is 0 Å². The number of hydrogen-bond acceptors (Lipinski definition) is 2. The standard InChI is InChI=1S/C8H5ClFN3/c9-5-1-2-6(7(10)3-5)8-4-11-13-12-8/h1-4H,(H,11,12,13). The van der Waals surface area contributed by atoms with Gasteiger partial charge in [0.25, 0.3) is 0 Å². The zero-order valence-corrected chi connectivity index (χ0v) is 7.22. The maximum absolute atomic E-state index is 13.2. The van der Waals surface area contributed by atoms with Gasteiger partial charge in [-0.15, -0.1) is 0 Å². The van der Waals surface area contributed by atoms with Crippen LogP contribution in [0.4, 0.5) is 4.39 Å². The van der Waals surface area contributed by atoms with Gasteiger partial charge in [0, 0.05) is 10.6 Å². The molecular formula is C8H5ClFN3. The topological polar surface area (TPSA) is 41.6 Å². The minimum atomic E-state index is -0.401. The van der Waals surface area contributed by atoms with Crippen LogP contribution in [0.1, 0.15) is 0 Å². The van der Waals surface area contributed by atoms with Gasteiger partial charge >= 0.3 is 0 Å². The first-order valence-electron chi connectivity index (χ1n) is 3.58. The summed E-state index contributed by atoms with van der Waals surface area (Å²) in [6, 6.07) is 4.41. The number of halogens is 2. The average molecular weight is 198 g/mol. The van der Waals surface area contributed by atoms with Crippen LogP contribution in [0.5, 0.6) is 0 Å². The smallest absolute Gasteiger partial charge is 0.134 e. The highest BCUT2D eigenvalue weighted by molar-refractivity contribution is 6.30. The first-order valence-corrected chi connectivity index (χ1v) is 3.96. The van der Waals surface area contributed by atoms with Crippen LogP contribution < -0.4 is 0 Å². The molecule has 0 aliphatic heterocycles. The molecule has 2 aromatic rings. The van der Waals surface area contributed by atoms with Crippen molar-refractivity contribution in [1.29, 1.82) is 0 Å². The normalized spacial score (nSPS) is 10.3. The Hall–Kier alpha value is -1.42. The Morgan fingerprint density at radius 1 is 1.38 bits per heavy atom. The van der Waals surface area contributed by atoms with E-state index >= 15 is 0 Å². The molecular weight excluding hydrogens is 193 g/mol. The number of benzene rings is 1. The molecule has 0 saturated heterocycles. The lowest BCUT2D eigenvalue weighted by molar-refractivity contribution is 0.630. The Kier molecular flexibility index (Phi) is 1.98. The summed E-state index contributed by atoms with van der Waals surface area (Å²) in [4.78, 5) is 0. The van der Waals surface area contributed by atoms with E-state index in [9.17, 15) is 4.39 Å². The first kappa shape index (κ1) is 8.19. The van der Waals surface area contributed by atoms with Crippen molar-refractivity contribution in [2.24, 2.45) is 0 Å². The molecule has 0 atom stereocenters. The van der Waals surface area contributed by atoms with Crippen LogP contribution in [-0.2, 0) is 0 Å². The monoisotopic (exact) mass is 197 g/mol. The molecule has 0 aliphatic rings. The number of nitrogens with one attached hydrogen (secondary N) is 1. The van der Waals surface area contributed by atoms with E-state index in [0.717, 1.165) is 0 Å². The molecule has 1 heterocycles. The van der Waals surface area contributed by atoms with Crippen molar-refractivity contribution in [3.05, 3.63) is 35.2 Å². The van der Waals surface area contributed by atoms with Crippen LogP contribution >= 0.6 is 11.6 Å². The molecule has 0 aliphatic carbocycles. The van der Waals surface area contributed by atoms with Crippen molar-refractivity contribution in [3.8, 4) is 11.3 Å². The average Bonchev–Trinajstić information content (AvgIpc) is 2.56. The second-order valence-corrected chi connectivity index (χ2v) is 2.92. The van der Waals surface area contributed by atoms with Crippen LogP contribution in [0.15, 0.2) is 24.4 Å². The molecule has 0 spiro atoms. The third-order valence-electron chi connectivity index (χ3n) is 1.62. The van der Waals surface area contributed by atoms with Gasteiger partial charge < -0.3 is 0 Å². The Bertz CT molecular complexity index is 413. The zero-order valence-electron chi connectivity index (χ0n) is 6.46. The van der Waals surface area contributed by atoms with Crippen molar-refractivity contribution in [2.45, 2.75) is 0 Å². The fourth-order valence-corrected chi connectivity index (χ4v) is 1.19. The Balaban J connectivity index is 2.53. The summed E-state index contributed by atoms with van der Waals surface area (Å²) in [7, 11) is 0. The second-order valence-electron chi connectivity index (χ2n) is 2.48. The predicted octanol–water partition coefficient (Wildman–Crippen LogP) is 2.26. The Labute approximate surface area is 78.5 Å². The van der Waals surface area contributed by atoms with E-state index in [1.54, 1.807) is 12.1 Å². The van der Waals surface area contributed by atoms with Gasteiger partial charge in [0.1, 0.15) is 11.5 Å². The maximum atomic E-state index is 13.2. The summed E-state index contributed by atoms with van der Waals surface area (Å²) in [5, 5.41) is 10.1. The fourth-order valence-electron chi connectivity index (χ4n) is 1.03. The van der Waals surface area contributed by atoms with Gasteiger partial charge in [0.15, 0.2) is 0 Å². The lowest BCUT2D eigenvalue weighted by Crippen LogP contribution is -1.84. The van der Waals surface area contributed by atoms with Gasteiger partial charge in [-0.2, -0.15) is 15.4 Å². The van der Waals surface area contributed by atoms with E-state index in [1.807, 2.05) is 0 Å². The molecule has 1 aromatic carbocycles. The molecule has 1 aromatic heterocycles. The van der Waals surface area contributed by atoms with E-state index in [1.165, 1.54) is 12.3 Å². The molecule has 1 N–H and O–H groups in total. The molecule has 2 rings (SSSR count). The van der Waals surface area contributed by atoms with E-state index < -0.39 is 5.82 Å². The minimum absolute atomic E-state index is 0.366. The van der Waals surface area contributed by atoms with Crippen LogP contribution in [-0.4, -0.2) is 15.4 Å². The number of H-pyrrole nitrogens is 1. The van der Waals surface area contributed by atoms with Crippen LogP contribution in [0.3, 0.4) is 0 Å². The molecule has 0 amide bonds. The van der Waals surface area contributed by atoms with Gasteiger partial charge in [-0.25, -0.2) is 4.39 Å². The summed E-state index contributed by atoms with van der Waals surface area (Å²) in [6.07, 6.45) is 1.45. The van der Waals surface area contributed by atoms with Crippen LogP contribution in [0, 0.1) is 5.82 Å². The van der Waals surface area contributed by atoms with Gasteiger partial charge in [0.2, 0.25) is 0 Å². The molecule has 13 heavy (non-hydrogen) atoms. The van der Waals surface area contributed by atoms with Crippen molar-refractivity contribution < 1.29 is 4.39 Å². The van der Waals surface area contributed by atoms with E-state index in [2.05, 4.69) is 15.4 Å². The van der Waals surface area contributed by atoms with Gasteiger partial charge in [-0.05, 0) is 18.2 Å². The molecule has 0 bridgehead atoms. The minimum Gasteiger partial charge on any atom is -0.206 e. The van der Waals surface area contributed by atoms with Gasteiger partial charge in [0.05, 0.1) is 6.20 Å². The predicted molar refractivity (Wildman–Crippen MR) is 46.8 cm³/mol. The number of hydrogen-bond donors (Lipinski definition) is 1. The molecule has 3 nitrogen and oxygen atoms in total. The fraction of sp³-hybridized carbons (Fsp3) is 0. The summed E-state index contributed by atoms with van der Waals surface area (Å²) < 4.78 is 13.2. The quantitative estimate of drug-likeness (QED) is 0.762. The number of aromatic nitrogens is 3. The van der Waals surface area contributed by atoms with E-state index in [4.69, 9.17) is 11.6 Å². The zero-order chi connectivity index (χ0) is 9.26. The lowest BCUT2D eigenvalue weighted by atomic mass is 10.1. The highest BCUT2D eigenvalue weighted by Crippen LogP contribution is 2.22. The van der Waals surface area contributed by atoms with Crippen molar-refractivity contribution in [2.75, 3.05) is 0 Å². The second kappa shape index (κ2) is 3.14. The summed E-state index contributed by atoms with van der Waals surface area (Å²) in [6.45, 7) is 0.